The maximum atomic E-state index is 12.8. The first-order valence-electron chi connectivity index (χ1n) is 6.76. The molecule has 0 aliphatic carbocycles. The van der Waals surface area contributed by atoms with Crippen molar-refractivity contribution in [2.75, 3.05) is 0 Å². The largest absolute Gasteiger partial charge is 0.286 e. The van der Waals surface area contributed by atoms with Gasteiger partial charge in [0.15, 0.2) is 5.65 Å². The van der Waals surface area contributed by atoms with Crippen LogP contribution in [0.15, 0.2) is 60.3 Å². The van der Waals surface area contributed by atoms with Crippen LogP contribution in [0.3, 0.4) is 0 Å². The predicted molar refractivity (Wildman–Crippen MR) is 85.8 cm³/mol. The van der Waals surface area contributed by atoms with Crippen molar-refractivity contribution in [2.24, 2.45) is 0 Å². The Balaban J connectivity index is 2.21. The van der Waals surface area contributed by atoms with E-state index in [1.807, 2.05) is 6.92 Å². The van der Waals surface area contributed by atoms with Gasteiger partial charge in [-0.1, -0.05) is 24.3 Å². The van der Waals surface area contributed by atoms with Crippen LogP contribution in [0.4, 0.5) is 0 Å². The van der Waals surface area contributed by atoms with Crippen molar-refractivity contribution in [3.8, 4) is 0 Å². The summed E-state index contributed by atoms with van der Waals surface area (Å²) >= 11 is 0. The van der Waals surface area contributed by atoms with Crippen LogP contribution in [-0.4, -0.2) is 28.1 Å². The molecule has 2 aromatic heterocycles. The van der Waals surface area contributed by atoms with Crippen molar-refractivity contribution in [3.63, 3.8) is 0 Å². The van der Waals surface area contributed by atoms with Gasteiger partial charge in [-0.15, -0.1) is 0 Å². The molecule has 0 spiro atoms. The quantitative estimate of drug-likeness (QED) is 0.542. The number of aromatic nitrogens is 3. The van der Waals surface area contributed by atoms with Crippen LogP contribution in [-0.2, 0) is 10.0 Å². The molecule has 7 heteroatoms. The van der Waals surface area contributed by atoms with Crippen molar-refractivity contribution in [1.29, 1.82) is 0 Å². The fourth-order valence-corrected chi connectivity index (χ4v) is 3.42. The Morgan fingerprint density at radius 2 is 1.91 bits per heavy atom. The Labute approximate surface area is 133 Å². The lowest BCUT2D eigenvalue weighted by Gasteiger charge is -2.07. The van der Waals surface area contributed by atoms with Gasteiger partial charge in [-0.3, -0.25) is 4.79 Å². The van der Waals surface area contributed by atoms with E-state index in [4.69, 9.17) is 0 Å². The number of ketones is 1. The summed E-state index contributed by atoms with van der Waals surface area (Å²) in [7, 11) is -3.80. The smallest absolute Gasteiger partial charge is 0.269 e. The van der Waals surface area contributed by atoms with Crippen LogP contribution in [0.1, 0.15) is 16.2 Å². The molecule has 3 aromatic rings. The summed E-state index contributed by atoms with van der Waals surface area (Å²) in [5, 5.41) is 0.529. The number of aryl methyl sites for hydroxylation is 1. The average Bonchev–Trinajstić information content (AvgIpc) is 2.98. The third-order valence-corrected chi connectivity index (χ3v) is 5.06. The Bertz CT molecular complexity index is 1020. The Morgan fingerprint density at radius 3 is 2.57 bits per heavy atom. The number of hydrogen-bond donors (Lipinski definition) is 0. The highest BCUT2D eigenvalue weighted by Crippen LogP contribution is 2.21. The van der Waals surface area contributed by atoms with Gasteiger partial charge in [-0.25, -0.2) is 22.4 Å². The summed E-state index contributed by atoms with van der Waals surface area (Å²) in [5.74, 6) is -0.557. The van der Waals surface area contributed by atoms with Gasteiger partial charge >= 0.3 is 0 Å². The molecule has 0 unspecified atom stereocenters. The SMILES string of the molecule is C=CC(=O)c1ncc2ccn(S(=O)(=O)c3ccc(C)cc3)c2n1. The van der Waals surface area contributed by atoms with E-state index in [1.165, 1.54) is 24.5 Å². The number of carbonyl (C=O) groups excluding carboxylic acids is 1. The van der Waals surface area contributed by atoms with E-state index >= 15 is 0 Å². The molecule has 0 atom stereocenters. The maximum absolute atomic E-state index is 12.8. The zero-order chi connectivity index (χ0) is 16.6. The molecular weight excluding hydrogens is 314 g/mol. The maximum Gasteiger partial charge on any atom is 0.269 e. The fraction of sp³-hybridized carbons (Fsp3) is 0.0625. The summed E-state index contributed by atoms with van der Waals surface area (Å²) in [4.78, 5) is 19.8. The highest BCUT2D eigenvalue weighted by molar-refractivity contribution is 7.90. The monoisotopic (exact) mass is 327 g/mol. The number of fused-ring (bicyclic) bond motifs is 1. The molecule has 0 saturated heterocycles. The standard InChI is InChI=1S/C16H13N3O3S/c1-3-14(20)15-17-10-12-8-9-19(16(12)18-15)23(21,22)13-6-4-11(2)5-7-13/h3-10H,1H2,2H3. The molecule has 0 amide bonds. The summed E-state index contributed by atoms with van der Waals surface area (Å²) in [6, 6.07) is 8.10. The van der Waals surface area contributed by atoms with Gasteiger partial charge in [0.05, 0.1) is 4.90 Å². The van der Waals surface area contributed by atoms with Gasteiger partial charge in [0.25, 0.3) is 10.0 Å². The van der Waals surface area contributed by atoms with E-state index in [1.54, 1.807) is 18.2 Å². The zero-order valence-electron chi connectivity index (χ0n) is 12.3. The first kappa shape index (κ1) is 15.1. The molecule has 3 rings (SSSR count). The molecule has 0 N–H and O–H groups in total. The van der Waals surface area contributed by atoms with Gasteiger partial charge in [-0.2, -0.15) is 0 Å². The minimum absolute atomic E-state index is 0.0912. The second-order valence-electron chi connectivity index (χ2n) is 4.97. The minimum atomic E-state index is -3.80. The molecule has 116 valence electrons. The van der Waals surface area contributed by atoms with Crippen molar-refractivity contribution in [2.45, 2.75) is 11.8 Å². The lowest BCUT2D eigenvalue weighted by molar-refractivity contribution is 0.103. The van der Waals surface area contributed by atoms with Crippen LogP contribution in [0, 0.1) is 6.92 Å². The molecule has 6 nitrogen and oxygen atoms in total. The van der Waals surface area contributed by atoms with Gasteiger partial charge in [0, 0.05) is 17.8 Å². The summed E-state index contributed by atoms with van der Waals surface area (Å²) in [6.07, 6.45) is 3.90. The number of allylic oxidation sites excluding steroid dienone is 1. The van der Waals surface area contributed by atoms with Gasteiger partial charge in [-0.05, 0) is 31.2 Å². The fourth-order valence-electron chi connectivity index (χ4n) is 2.12. The van der Waals surface area contributed by atoms with E-state index in [-0.39, 0.29) is 16.4 Å². The molecule has 2 heterocycles. The van der Waals surface area contributed by atoms with Gasteiger partial charge in [0.2, 0.25) is 11.6 Å². The third kappa shape index (κ3) is 2.55. The van der Waals surface area contributed by atoms with Crippen LogP contribution >= 0.6 is 0 Å². The average molecular weight is 327 g/mol. The first-order valence-corrected chi connectivity index (χ1v) is 8.20. The van der Waals surface area contributed by atoms with E-state index in [0.29, 0.717) is 5.39 Å². The molecule has 0 saturated carbocycles. The normalized spacial score (nSPS) is 11.5. The Morgan fingerprint density at radius 1 is 1.22 bits per heavy atom. The molecule has 0 aliphatic heterocycles. The second kappa shape index (κ2) is 5.44. The minimum Gasteiger partial charge on any atom is -0.286 e. The van der Waals surface area contributed by atoms with Crippen molar-refractivity contribution < 1.29 is 13.2 Å². The Kier molecular flexibility index (Phi) is 3.57. The van der Waals surface area contributed by atoms with Crippen molar-refractivity contribution in [1.82, 2.24) is 13.9 Å². The van der Waals surface area contributed by atoms with Crippen molar-refractivity contribution in [3.05, 3.63) is 66.8 Å². The van der Waals surface area contributed by atoms with E-state index < -0.39 is 15.8 Å². The molecule has 0 radical (unpaired) electrons. The molecule has 1 aromatic carbocycles. The number of carbonyl (C=O) groups is 1. The van der Waals surface area contributed by atoms with Gasteiger partial charge in [0.1, 0.15) is 0 Å². The van der Waals surface area contributed by atoms with Crippen LogP contribution in [0.2, 0.25) is 0 Å². The first-order chi connectivity index (χ1) is 10.9. The van der Waals surface area contributed by atoms with E-state index in [9.17, 15) is 13.2 Å². The molecular formula is C16H13N3O3S. The summed E-state index contributed by atoms with van der Waals surface area (Å²) < 4.78 is 26.6. The lowest BCUT2D eigenvalue weighted by Crippen LogP contribution is -2.13. The Hall–Kier alpha value is -2.80. The molecule has 23 heavy (non-hydrogen) atoms. The lowest BCUT2D eigenvalue weighted by atomic mass is 10.2. The zero-order valence-corrected chi connectivity index (χ0v) is 13.1. The highest BCUT2D eigenvalue weighted by Gasteiger charge is 2.20. The van der Waals surface area contributed by atoms with Crippen LogP contribution < -0.4 is 0 Å². The molecule has 0 aliphatic rings. The summed E-state index contributed by atoms with van der Waals surface area (Å²) in [5.41, 5.74) is 1.12. The highest BCUT2D eigenvalue weighted by atomic mass is 32.2. The number of nitrogens with zero attached hydrogens (tertiary/aromatic N) is 3. The van der Waals surface area contributed by atoms with Crippen LogP contribution in [0.25, 0.3) is 11.0 Å². The number of hydrogen-bond acceptors (Lipinski definition) is 5. The number of rotatable bonds is 4. The molecule has 0 fully saturated rings. The van der Waals surface area contributed by atoms with E-state index in [2.05, 4.69) is 16.5 Å². The number of benzene rings is 1. The van der Waals surface area contributed by atoms with Crippen molar-refractivity contribution >= 4 is 26.8 Å². The van der Waals surface area contributed by atoms with E-state index in [0.717, 1.165) is 15.6 Å². The summed E-state index contributed by atoms with van der Waals surface area (Å²) in [6.45, 7) is 5.25. The predicted octanol–water partition coefficient (Wildman–Crippen LogP) is 2.35. The van der Waals surface area contributed by atoms with Gasteiger partial charge < -0.3 is 0 Å². The topological polar surface area (TPSA) is 81.9 Å². The third-order valence-electron chi connectivity index (χ3n) is 3.38. The second-order valence-corrected chi connectivity index (χ2v) is 6.79. The molecule has 0 bridgehead atoms. The van der Waals surface area contributed by atoms with Crippen LogP contribution in [0.5, 0.6) is 0 Å².